The summed E-state index contributed by atoms with van der Waals surface area (Å²) in [4.78, 5) is 29.5. The number of methoxy groups -OCH3 is 2. The molecular weight excluding hydrogens is 432 g/mol. The van der Waals surface area contributed by atoms with Crippen molar-refractivity contribution in [3.05, 3.63) is 71.8 Å². The van der Waals surface area contributed by atoms with Crippen LogP contribution < -0.4 is 29.9 Å². The Kier molecular flexibility index (Phi) is 7.63. The maximum Gasteiger partial charge on any atom is 0.255 e. The monoisotopic (exact) mass is 462 g/mol. The summed E-state index contributed by atoms with van der Waals surface area (Å²) >= 11 is 0. The molecule has 3 aromatic rings. The minimum absolute atomic E-state index is 0.288. The molecule has 3 aromatic carbocycles. The van der Waals surface area contributed by atoms with E-state index < -0.39 is 0 Å². The van der Waals surface area contributed by atoms with Crippen molar-refractivity contribution in [3.8, 4) is 11.5 Å². The van der Waals surface area contributed by atoms with Gasteiger partial charge in [0.2, 0.25) is 0 Å². The van der Waals surface area contributed by atoms with Crippen LogP contribution in [0.4, 0.5) is 22.7 Å². The zero-order valence-corrected chi connectivity index (χ0v) is 20.3. The Labute approximate surface area is 200 Å². The van der Waals surface area contributed by atoms with E-state index in [9.17, 15) is 9.59 Å². The summed E-state index contributed by atoms with van der Waals surface area (Å²) in [5.74, 6) is 0.196. The van der Waals surface area contributed by atoms with Crippen molar-refractivity contribution in [2.75, 3.05) is 62.8 Å². The maximum absolute atomic E-state index is 12.8. The highest BCUT2D eigenvalue weighted by atomic mass is 16.5. The third-order valence-corrected chi connectivity index (χ3v) is 5.31. The predicted octanol–water partition coefficient (Wildman–Crippen LogP) is 4.34. The van der Waals surface area contributed by atoms with Crippen LogP contribution in [0.1, 0.15) is 20.7 Å². The van der Waals surface area contributed by atoms with Gasteiger partial charge in [0.25, 0.3) is 11.8 Å². The van der Waals surface area contributed by atoms with Crippen molar-refractivity contribution in [2.24, 2.45) is 0 Å². The van der Waals surface area contributed by atoms with Gasteiger partial charge in [-0.15, -0.1) is 0 Å². The summed E-state index contributed by atoms with van der Waals surface area (Å²) in [6.07, 6.45) is 0. The molecule has 8 nitrogen and oxygen atoms in total. The first-order valence-corrected chi connectivity index (χ1v) is 10.7. The Hall–Kier alpha value is -4.20. The van der Waals surface area contributed by atoms with E-state index in [1.54, 1.807) is 36.4 Å². The number of hydrogen-bond donors (Lipinski definition) is 2. The fraction of sp³-hybridized carbons (Fsp3) is 0.231. The number of anilines is 4. The van der Waals surface area contributed by atoms with Crippen LogP contribution in [0, 0.1) is 0 Å². The summed E-state index contributed by atoms with van der Waals surface area (Å²) in [6, 6.07) is 17.7. The molecule has 0 radical (unpaired) electrons. The molecule has 0 fully saturated rings. The van der Waals surface area contributed by atoms with Crippen LogP contribution >= 0.6 is 0 Å². The third-order valence-electron chi connectivity index (χ3n) is 5.31. The van der Waals surface area contributed by atoms with Gasteiger partial charge in [0.15, 0.2) is 0 Å². The van der Waals surface area contributed by atoms with Crippen LogP contribution in [-0.4, -0.2) is 54.2 Å². The van der Waals surface area contributed by atoms with Crippen LogP contribution in [0.15, 0.2) is 60.7 Å². The Morgan fingerprint density at radius 3 is 1.21 bits per heavy atom. The van der Waals surface area contributed by atoms with Gasteiger partial charge in [-0.2, -0.15) is 0 Å². The number of carbonyl (C=O) groups excluding carboxylic acids is 2. The Balaban J connectivity index is 1.82. The van der Waals surface area contributed by atoms with Crippen molar-refractivity contribution >= 4 is 34.6 Å². The SMILES string of the molecule is COc1cc(NC(=O)c2ccc(N(C)C)cc2)c(OC)cc1NC(=O)c1ccc(N(C)C)cc1. The first kappa shape index (κ1) is 24.4. The van der Waals surface area contributed by atoms with E-state index in [0.29, 0.717) is 34.0 Å². The van der Waals surface area contributed by atoms with Gasteiger partial charge in [-0.05, 0) is 48.5 Å². The zero-order chi connectivity index (χ0) is 24.8. The van der Waals surface area contributed by atoms with Crippen LogP contribution in [-0.2, 0) is 0 Å². The van der Waals surface area contributed by atoms with Gasteiger partial charge < -0.3 is 29.9 Å². The topological polar surface area (TPSA) is 83.1 Å². The maximum atomic E-state index is 12.8. The van der Waals surface area contributed by atoms with Crippen molar-refractivity contribution in [2.45, 2.75) is 0 Å². The summed E-state index contributed by atoms with van der Waals surface area (Å²) in [5, 5.41) is 5.71. The van der Waals surface area contributed by atoms with Crippen LogP contribution in [0.5, 0.6) is 11.5 Å². The molecule has 0 heterocycles. The molecule has 0 saturated carbocycles. The van der Waals surface area contributed by atoms with Crippen LogP contribution in [0.25, 0.3) is 0 Å². The fourth-order valence-corrected chi connectivity index (χ4v) is 3.30. The molecule has 0 saturated heterocycles. The van der Waals surface area contributed by atoms with Crippen LogP contribution in [0.3, 0.4) is 0 Å². The lowest BCUT2D eigenvalue weighted by molar-refractivity contribution is 0.101. The molecule has 2 amide bonds. The highest BCUT2D eigenvalue weighted by Gasteiger charge is 2.17. The van der Waals surface area contributed by atoms with Gasteiger partial charge in [-0.1, -0.05) is 0 Å². The highest BCUT2D eigenvalue weighted by Crippen LogP contribution is 2.37. The molecule has 0 aliphatic heterocycles. The van der Waals surface area contributed by atoms with Crippen molar-refractivity contribution in [1.82, 2.24) is 0 Å². The number of hydrogen-bond acceptors (Lipinski definition) is 6. The lowest BCUT2D eigenvalue weighted by atomic mass is 10.1. The Morgan fingerprint density at radius 2 is 0.941 bits per heavy atom. The van der Waals surface area contributed by atoms with E-state index >= 15 is 0 Å². The minimum atomic E-state index is -0.288. The summed E-state index contributed by atoms with van der Waals surface area (Å²) < 4.78 is 10.9. The van der Waals surface area contributed by atoms with Gasteiger partial charge >= 0.3 is 0 Å². The van der Waals surface area contributed by atoms with Gasteiger partial charge in [0.05, 0.1) is 25.6 Å². The number of benzene rings is 3. The normalized spacial score (nSPS) is 10.3. The summed E-state index contributed by atoms with van der Waals surface area (Å²) in [5.41, 5.74) is 3.85. The fourth-order valence-electron chi connectivity index (χ4n) is 3.30. The van der Waals surface area contributed by atoms with Gasteiger partial charge in [-0.25, -0.2) is 0 Å². The average molecular weight is 463 g/mol. The van der Waals surface area contributed by atoms with E-state index in [0.717, 1.165) is 11.4 Å². The predicted molar refractivity (Wildman–Crippen MR) is 137 cm³/mol. The quantitative estimate of drug-likeness (QED) is 0.518. The number of nitrogens with one attached hydrogen (secondary N) is 2. The molecular formula is C26H30N4O4. The molecule has 0 aromatic heterocycles. The molecule has 34 heavy (non-hydrogen) atoms. The van der Waals surface area contributed by atoms with Gasteiger partial charge in [0, 0.05) is 62.8 Å². The standard InChI is InChI=1S/C26H30N4O4/c1-29(2)19-11-7-17(8-12-19)25(31)27-21-15-24(34-6)22(16-23(21)33-5)28-26(32)18-9-13-20(14-10-18)30(3)4/h7-16H,1-6H3,(H,27,31)(H,28,32). The molecule has 0 atom stereocenters. The second kappa shape index (κ2) is 10.6. The zero-order valence-electron chi connectivity index (χ0n) is 20.3. The van der Waals surface area contributed by atoms with Gasteiger partial charge in [0.1, 0.15) is 11.5 Å². The minimum Gasteiger partial charge on any atom is -0.494 e. The molecule has 0 aliphatic rings. The highest BCUT2D eigenvalue weighted by molar-refractivity contribution is 6.07. The molecule has 2 N–H and O–H groups in total. The number of ether oxygens (including phenoxy) is 2. The van der Waals surface area contributed by atoms with Crippen molar-refractivity contribution < 1.29 is 19.1 Å². The molecule has 0 spiro atoms. The van der Waals surface area contributed by atoms with E-state index in [1.165, 1.54) is 14.2 Å². The smallest absolute Gasteiger partial charge is 0.255 e. The average Bonchev–Trinajstić information content (AvgIpc) is 2.84. The number of carbonyl (C=O) groups is 2. The lowest BCUT2D eigenvalue weighted by Crippen LogP contribution is -2.15. The first-order valence-electron chi connectivity index (χ1n) is 10.7. The molecule has 178 valence electrons. The van der Waals surface area contributed by atoms with Gasteiger partial charge in [-0.3, -0.25) is 9.59 Å². The number of rotatable bonds is 8. The molecule has 3 rings (SSSR count). The first-order chi connectivity index (χ1) is 16.2. The van der Waals surface area contributed by atoms with Crippen molar-refractivity contribution in [1.29, 1.82) is 0 Å². The largest absolute Gasteiger partial charge is 0.494 e. The summed E-state index contributed by atoms with van der Waals surface area (Å²) in [7, 11) is 10.7. The second-order valence-corrected chi connectivity index (χ2v) is 8.04. The molecule has 0 bridgehead atoms. The van der Waals surface area contributed by atoms with Crippen LogP contribution in [0.2, 0.25) is 0 Å². The summed E-state index contributed by atoms with van der Waals surface area (Å²) in [6.45, 7) is 0. The Morgan fingerprint density at radius 1 is 0.618 bits per heavy atom. The van der Waals surface area contributed by atoms with E-state index in [4.69, 9.17) is 9.47 Å². The second-order valence-electron chi connectivity index (χ2n) is 8.04. The third kappa shape index (κ3) is 5.58. The van der Waals surface area contributed by atoms with Crippen molar-refractivity contribution in [3.63, 3.8) is 0 Å². The van der Waals surface area contributed by atoms with E-state index in [-0.39, 0.29) is 11.8 Å². The molecule has 8 heteroatoms. The lowest BCUT2D eigenvalue weighted by Gasteiger charge is -2.17. The van der Waals surface area contributed by atoms with E-state index in [2.05, 4.69) is 10.6 Å². The molecule has 0 aliphatic carbocycles. The van der Waals surface area contributed by atoms with E-state index in [1.807, 2.05) is 62.3 Å². The number of nitrogens with zero attached hydrogens (tertiary/aromatic N) is 2. The number of amides is 2. The molecule has 0 unspecified atom stereocenters. The Bertz CT molecular complexity index is 1060.